The van der Waals surface area contributed by atoms with Crippen molar-refractivity contribution in [1.29, 1.82) is 0 Å². The highest BCUT2D eigenvalue weighted by atomic mass is 19.1. The first-order chi connectivity index (χ1) is 19.9. The van der Waals surface area contributed by atoms with E-state index in [2.05, 4.69) is 5.32 Å². The Bertz CT molecular complexity index is 1740. The number of aryl methyl sites for hydroxylation is 1. The number of carbonyl (C=O) groups is 3. The third-order valence-electron chi connectivity index (χ3n) is 6.73. The number of hydrogen-bond donors (Lipinski definition) is 2. The van der Waals surface area contributed by atoms with Crippen molar-refractivity contribution < 1.29 is 33.0 Å². The average Bonchev–Trinajstić information content (AvgIpc) is 3.37. The third kappa shape index (κ3) is 5.86. The predicted octanol–water partition coefficient (Wildman–Crippen LogP) is 6.75. The van der Waals surface area contributed by atoms with Gasteiger partial charge in [0.05, 0.1) is 23.3 Å². The van der Waals surface area contributed by atoms with E-state index in [0.717, 1.165) is 5.56 Å². The van der Waals surface area contributed by atoms with Crippen molar-refractivity contribution in [2.75, 3.05) is 13.7 Å². The van der Waals surface area contributed by atoms with Gasteiger partial charge < -0.3 is 19.6 Å². The summed E-state index contributed by atoms with van der Waals surface area (Å²) in [5.74, 6) is -1.98. The molecule has 41 heavy (non-hydrogen) atoms. The largest absolute Gasteiger partial charge is 0.478 e. The molecule has 0 fully saturated rings. The fourth-order valence-corrected chi connectivity index (χ4v) is 4.72. The lowest BCUT2D eigenvalue weighted by molar-refractivity contribution is 0.0500. The number of amides is 1. The Labute approximate surface area is 235 Å². The molecule has 0 saturated heterocycles. The minimum atomic E-state index is -1.06. The van der Waals surface area contributed by atoms with Crippen LogP contribution < -0.4 is 5.32 Å². The lowest BCUT2D eigenvalue weighted by atomic mass is 9.93. The minimum absolute atomic E-state index is 0.121. The van der Waals surface area contributed by atoms with Crippen molar-refractivity contribution in [3.8, 4) is 22.5 Å². The van der Waals surface area contributed by atoms with Crippen LogP contribution in [-0.4, -0.2) is 36.6 Å². The molecule has 0 aliphatic carbocycles. The highest BCUT2D eigenvalue weighted by Gasteiger charge is 2.23. The summed E-state index contributed by atoms with van der Waals surface area (Å²) in [5.41, 5.74) is 4.03. The first-order valence-corrected chi connectivity index (χ1v) is 13.0. The zero-order chi connectivity index (χ0) is 28.9. The molecule has 5 rings (SSSR count). The van der Waals surface area contributed by atoms with Crippen LogP contribution in [0.5, 0.6) is 0 Å². The summed E-state index contributed by atoms with van der Waals surface area (Å²) in [6.45, 7) is 0.169. The summed E-state index contributed by atoms with van der Waals surface area (Å²) in [4.78, 5) is 37.1. The minimum Gasteiger partial charge on any atom is -0.478 e. The van der Waals surface area contributed by atoms with Crippen LogP contribution in [0.15, 0.2) is 95.4 Å². The van der Waals surface area contributed by atoms with Crippen molar-refractivity contribution in [3.05, 3.63) is 119 Å². The van der Waals surface area contributed by atoms with E-state index in [0.29, 0.717) is 51.8 Å². The molecule has 0 radical (unpaired) electrons. The molecule has 0 aliphatic rings. The van der Waals surface area contributed by atoms with Gasteiger partial charge >= 0.3 is 11.9 Å². The molecule has 0 spiro atoms. The number of hydrogen-bond acceptors (Lipinski definition) is 5. The molecule has 206 valence electrons. The molecule has 0 bridgehead atoms. The zero-order valence-electron chi connectivity index (χ0n) is 22.1. The van der Waals surface area contributed by atoms with Gasteiger partial charge in [0.1, 0.15) is 17.2 Å². The number of fused-ring (bicyclic) bond motifs is 1. The van der Waals surface area contributed by atoms with Gasteiger partial charge in [-0.05, 0) is 90.2 Å². The number of carboxylic acid groups (broad SMARTS) is 1. The fraction of sp³-hybridized carbons (Fsp3) is 0.121. The molecule has 7 nitrogen and oxygen atoms in total. The molecule has 0 aliphatic heterocycles. The van der Waals surface area contributed by atoms with Crippen molar-refractivity contribution >= 4 is 28.8 Å². The second kappa shape index (κ2) is 11.9. The maximum absolute atomic E-state index is 13.6. The quantitative estimate of drug-likeness (QED) is 0.155. The highest BCUT2D eigenvalue weighted by molar-refractivity contribution is 6.12. The number of carbonyl (C=O) groups excluding carboxylic acids is 2. The third-order valence-corrected chi connectivity index (χ3v) is 6.73. The van der Waals surface area contributed by atoms with E-state index >= 15 is 0 Å². The predicted molar refractivity (Wildman–Crippen MR) is 152 cm³/mol. The Balaban J connectivity index is 1.56. The van der Waals surface area contributed by atoms with Crippen LogP contribution >= 0.6 is 0 Å². The number of carboxylic acids is 1. The topological polar surface area (TPSA) is 106 Å². The van der Waals surface area contributed by atoms with Gasteiger partial charge in [-0.3, -0.25) is 4.79 Å². The van der Waals surface area contributed by atoms with E-state index in [1.54, 1.807) is 54.6 Å². The number of esters is 1. The summed E-state index contributed by atoms with van der Waals surface area (Å²) >= 11 is 0. The van der Waals surface area contributed by atoms with E-state index in [1.165, 1.54) is 25.2 Å². The van der Waals surface area contributed by atoms with Crippen LogP contribution in [0.2, 0.25) is 0 Å². The normalized spacial score (nSPS) is 10.9. The van der Waals surface area contributed by atoms with Gasteiger partial charge in [-0.15, -0.1) is 0 Å². The molecule has 2 N–H and O–H groups in total. The first kappa shape index (κ1) is 27.3. The molecule has 1 aromatic heterocycles. The highest BCUT2D eigenvalue weighted by Crippen LogP contribution is 2.38. The van der Waals surface area contributed by atoms with Crippen molar-refractivity contribution in [2.24, 2.45) is 0 Å². The Hall–Kier alpha value is -5.24. The summed E-state index contributed by atoms with van der Waals surface area (Å²) in [6, 6.07) is 24.5. The van der Waals surface area contributed by atoms with Crippen LogP contribution in [0.3, 0.4) is 0 Å². The van der Waals surface area contributed by atoms with Crippen LogP contribution in [0, 0.1) is 5.82 Å². The van der Waals surface area contributed by atoms with E-state index in [1.807, 2.05) is 18.2 Å². The van der Waals surface area contributed by atoms with Crippen LogP contribution in [0.25, 0.3) is 33.4 Å². The summed E-state index contributed by atoms with van der Waals surface area (Å²) in [5, 5.41) is 12.7. The number of furan rings is 1. The van der Waals surface area contributed by atoms with Gasteiger partial charge in [0.25, 0.3) is 5.91 Å². The smallest absolute Gasteiger partial charge is 0.338 e. The Kier molecular flexibility index (Phi) is 7.92. The Morgan fingerprint density at radius 3 is 2.32 bits per heavy atom. The summed E-state index contributed by atoms with van der Waals surface area (Å²) < 4.78 is 25.3. The van der Waals surface area contributed by atoms with E-state index in [9.17, 15) is 23.9 Å². The van der Waals surface area contributed by atoms with E-state index < -0.39 is 17.8 Å². The maximum Gasteiger partial charge on any atom is 0.338 e. The van der Waals surface area contributed by atoms with Crippen molar-refractivity contribution in [1.82, 2.24) is 5.32 Å². The molecular formula is C33H26FNO6. The number of halogens is 1. The molecule has 8 heteroatoms. The van der Waals surface area contributed by atoms with Crippen LogP contribution in [-0.2, 0) is 11.2 Å². The Morgan fingerprint density at radius 2 is 1.61 bits per heavy atom. The lowest BCUT2D eigenvalue weighted by Crippen LogP contribution is -2.18. The standard InChI is InChI=1S/C33H26FNO6/c1-35-31(36)29-27-19-26(22-9-5-10-24(17-22)32(37)38)23(11-6-16-40-33(39)21-7-3-2-4-8-21)18-28(27)41-30(29)20-12-14-25(34)15-13-20/h2-5,7-10,12-15,17-19H,6,11,16H2,1H3,(H,35,36)(H,37,38). The van der Waals surface area contributed by atoms with Gasteiger partial charge in [-0.25, -0.2) is 14.0 Å². The number of benzene rings is 4. The molecule has 4 aromatic carbocycles. The van der Waals surface area contributed by atoms with Crippen molar-refractivity contribution in [3.63, 3.8) is 0 Å². The van der Waals surface area contributed by atoms with Crippen LogP contribution in [0.1, 0.15) is 43.1 Å². The van der Waals surface area contributed by atoms with Gasteiger partial charge in [-0.2, -0.15) is 0 Å². The molecule has 1 heterocycles. The zero-order valence-corrected chi connectivity index (χ0v) is 22.1. The number of aromatic carboxylic acids is 1. The van der Waals surface area contributed by atoms with Crippen LogP contribution in [0.4, 0.5) is 4.39 Å². The monoisotopic (exact) mass is 551 g/mol. The van der Waals surface area contributed by atoms with Gasteiger partial charge in [-0.1, -0.05) is 30.3 Å². The molecule has 0 saturated carbocycles. The lowest BCUT2D eigenvalue weighted by Gasteiger charge is -2.12. The van der Waals surface area contributed by atoms with Crippen molar-refractivity contribution in [2.45, 2.75) is 12.8 Å². The molecule has 0 atom stereocenters. The molecule has 5 aromatic rings. The number of nitrogens with one attached hydrogen (secondary N) is 1. The SMILES string of the molecule is CNC(=O)c1c(-c2ccc(F)cc2)oc2cc(CCCOC(=O)c3ccccc3)c(-c3cccc(C(=O)O)c3)cc12. The van der Waals surface area contributed by atoms with Gasteiger partial charge in [0.2, 0.25) is 0 Å². The molecule has 0 unspecified atom stereocenters. The molecule has 1 amide bonds. The van der Waals surface area contributed by atoms with E-state index in [4.69, 9.17) is 9.15 Å². The summed E-state index contributed by atoms with van der Waals surface area (Å²) in [7, 11) is 1.51. The molecular weight excluding hydrogens is 525 g/mol. The number of rotatable bonds is 9. The second-order valence-electron chi connectivity index (χ2n) is 9.39. The Morgan fingerprint density at radius 1 is 0.878 bits per heavy atom. The second-order valence-corrected chi connectivity index (χ2v) is 9.39. The average molecular weight is 552 g/mol. The first-order valence-electron chi connectivity index (χ1n) is 13.0. The van der Waals surface area contributed by atoms with Gasteiger partial charge in [0.15, 0.2) is 0 Å². The van der Waals surface area contributed by atoms with E-state index in [-0.39, 0.29) is 23.6 Å². The summed E-state index contributed by atoms with van der Waals surface area (Å²) in [6.07, 6.45) is 0.968. The number of ether oxygens (including phenoxy) is 1. The van der Waals surface area contributed by atoms with Gasteiger partial charge in [0, 0.05) is 18.0 Å². The fourth-order valence-electron chi connectivity index (χ4n) is 4.72. The maximum atomic E-state index is 13.6.